The Morgan fingerprint density at radius 3 is 2.46 bits per heavy atom. The highest BCUT2D eigenvalue weighted by molar-refractivity contribution is 5.84. The van der Waals surface area contributed by atoms with E-state index >= 15 is 0 Å². The van der Waals surface area contributed by atoms with E-state index in [1.54, 1.807) is 7.11 Å². The highest BCUT2D eigenvalue weighted by Gasteiger charge is 2.47. The number of anilines is 3. The number of likely N-dealkylation sites (tertiary alicyclic amines) is 1. The number of aryl methyl sites for hydroxylation is 1. The van der Waals surface area contributed by atoms with E-state index in [-0.39, 0.29) is 5.41 Å². The molecule has 2 aliphatic heterocycles. The number of piperidine rings is 1. The molecule has 2 aromatic rings. The quantitative estimate of drug-likeness (QED) is 0.780. The van der Waals surface area contributed by atoms with Crippen LogP contribution in [0.3, 0.4) is 0 Å². The van der Waals surface area contributed by atoms with Crippen LogP contribution in [0.1, 0.15) is 37.8 Å². The number of nitrogens with two attached hydrogens (primary N) is 1. The monoisotopic (exact) mass is 379 g/mol. The van der Waals surface area contributed by atoms with Gasteiger partial charge in [0.05, 0.1) is 24.2 Å². The molecule has 0 bridgehead atoms. The van der Waals surface area contributed by atoms with Crippen molar-refractivity contribution in [1.29, 1.82) is 0 Å². The lowest BCUT2D eigenvalue weighted by molar-refractivity contribution is 0.152. The summed E-state index contributed by atoms with van der Waals surface area (Å²) in [5.74, 6) is 1.66. The number of fused-ring (bicyclic) bond motifs is 2. The molecule has 0 saturated carbocycles. The zero-order valence-electron chi connectivity index (χ0n) is 17.7. The van der Waals surface area contributed by atoms with Crippen molar-refractivity contribution in [3.63, 3.8) is 0 Å². The number of methoxy groups -OCH3 is 1. The number of para-hydroxylation sites is 2. The maximum atomic E-state index is 6.39. The number of hydrogen-bond acceptors (Lipinski definition) is 4. The molecule has 4 nitrogen and oxygen atoms in total. The Hall–Kier alpha value is -2.20. The van der Waals surface area contributed by atoms with Gasteiger partial charge in [0, 0.05) is 18.5 Å². The van der Waals surface area contributed by atoms with Crippen molar-refractivity contribution >= 4 is 17.1 Å². The van der Waals surface area contributed by atoms with Crippen LogP contribution in [0.15, 0.2) is 36.4 Å². The van der Waals surface area contributed by atoms with Gasteiger partial charge in [-0.2, -0.15) is 0 Å². The first kappa shape index (κ1) is 19.1. The standard InChI is InChI=1S/C24H33N3O/c1-17(2)15-26-13-11-24(12-14-26)16-27(20-8-6-5-7-19(20)25)23-21(28-4)10-9-18(3)22(23)24/h5-10,17H,11-16,25H2,1-4H3. The predicted octanol–water partition coefficient (Wildman–Crippen LogP) is 4.73. The lowest BCUT2D eigenvalue weighted by Crippen LogP contribution is -2.45. The molecule has 2 aliphatic rings. The van der Waals surface area contributed by atoms with Crippen LogP contribution >= 0.6 is 0 Å². The minimum absolute atomic E-state index is 0.170. The van der Waals surface area contributed by atoms with Gasteiger partial charge < -0.3 is 20.3 Å². The molecular formula is C24H33N3O. The second-order valence-electron chi connectivity index (χ2n) is 8.93. The van der Waals surface area contributed by atoms with E-state index in [1.165, 1.54) is 36.2 Å². The molecule has 4 rings (SSSR count). The van der Waals surface area contributed by atoms with E-state index in [0.29, 0.717) is 5.92 Å². The van der Waals surface area contributed by atoms with Crippen LogP contribution in [-0.4, -0.2) is 38.2 Å². The molecule has 0 unspecified atom stereocenters. The summed E-state index contributed by atoms with van der Waals surface area (Å²) in [5, 5.41) is 0. The maximum absolute atomic E-state index is 6.39. The summed E-state index contributed by atoms with van der Waals surface area (Å²) in [6.07, 6.45) is 2.37. The summed E-state index contributed by atoms with van der Waals surface area (Å²) >= 11 is 0. The number of ether oxygens (including phenoxy) is 1. The van der Waals surface area contributed by atoms with Gasteiger partial charge in [-0.1, -0.05) is 32.0 Å². The molecule has 28 heavy (non-hydrogen) atoms. The first-order valence-electron chi connectivity index (χ1n) is 10.5. The molecule has 150 valence electrons. The fraction of sp³-hybridized carbons (Fsp3) is 0.500. The topological polar surface area (TPSA) is 41.7 Å². The van der Waals surface area contributed by atoms with Gasteiger partial charge in [0.25, 0.3) is 0 Å². The largest absolute Gasteiger partial charge is 0.495 e. The second kappa shape index (κ2) is 7.32. The average molecular weight is 380 g/mol. The van der Waals surface area contributed by atoms with Crippen LogP contribution in [-0.2, 0) is 5.41 Å². The summed E-state index contributed by atoms with van der Waals surface area (Å²) in [6, 6.07) is 12.5. The predicted molar refractivity (Wildman–Crippen MR) is 118 cm³/mol. The van der Waals surface area contributed by atoms with Crippen LogP contribution in [0.4, 0.5) is 17.1 Å². The molecule has 0 aromatic heterocycles. The zero-order valence-corrected chi connectivity index (χ0v) is 17.7. The SMILES string of the molecule is COc1ccc(C)c2c1N(c1ccccc1N)CC21CCN(CC(C)C)CC1. The normalized spacial score (nSPS) is 18.7. The van der Waals surface area contributed by atoms with E-state index in [1.807, 2.05) is 12.1 Å². The van der Waals surface area contributed by atoms with Crippen molar-refractivity contribution in [1.82, 2.24) is 4.90 Å². The first-order valence-corrected chi connectivity index (χ1v) is 10.5. The summed E-state index contributed by atoms with van der Waals surface area (Å²) in [7, 11) is 1.77. The average Bonchev–Trinajstić information content (AvgIpc) is 3.00. The fourth-order valence-electron chi connectivity index (χ4n) is 5.26. The minimum Gasteiger partial charge on any atom is -0.495 e. The number of nitrogen functional groups attached to an aromatic ring is 1. The van der Waals surface area contributed by atoms with Crippen molar-refractivity contribution in [2.24, 2.45) is 5.92 Å². The smallest absolute Gasteiger partial charge is 0.142 e. The van der Waals surface area contributed by atoms with Crippen molar-refractivity contribution in [2.75, 3.05) is 43.9 Å². The summed E-state index contributed by atoms with van der Waals surface area (Å²) in [6.45, 7) is 11.4. The molecule has 1 saturated heterocycles. The lowest BCUT2D eigenvalue weighted by Gasteiger charge is -2.41. The van der Waals surface area contributed by atoms with Crippen molar-refractivity contribution in [2.45, 2.75) is 39.0 Å². The third-order valence-electron chi connectivity index (χ3n) is 6.49. The van der Waals surface area contributed by atoms with Gasteiger partial charge in [0.1, 0.15) is 5.75 Å². The van der Waals surface area contributed by atoms with Crippen LogP contribution in [0, 0.1) is 12.8 Å². The van der Waals surface area contributed by atoms with Crippen LogP contribution < -0.4 is 15.4 Å². The van der Waals surface area contributed by atoms with Crippen LogP contribution in [0.2, 0.25) is 0 Å². The molecule has 0 atom stereocenters. The molecule has 2 N–H and O–H groups in total. The summed E-state index contributed by atoms with van der Waals surface area (Å²) in [5.41, 5.74) is 12.5. The molecular weight excluding hydrogens is 346 g/mol. The fourth-order valence-corrected chi connectivity index (χ4v) is 5.26. The van der Waals surface area contributed by atoms with Gasteiger partial charge in [-0.15, -0.1) is 0 Å². The minimum atomic E-state index is 0.170. The molecule has 4 heteroatoms. The van der Waals surface area contributed by atoms with Gasteiger partial charge in [-0.3, -0.25) is 0 Å². The first-order chi connectivity index (χ1) is 13.4. The number of hydrogen-bond donors (Lipinski definition) is 1. The molecule has 2 aromatic carbocycles. The van der Waals surface area contributed by atoms with E-state index in [2.05, 4.69) is 54.8 Å². The number of nitrogens with zero attached hydrogens (tertiary/aromatic N) is 2. The van der Waals surface area contributed by atoms with Gasteiger partial charge in [0.2, 0.25) is 0 Å². The lowest BCUT2D eigenvalue weighted by atomic mass is 9.72. The Bertz CT molecular complexity index is 853. The summed E-state index contributed by atoms with van der Waals surface area (Å²) < 4.78 is 5.82. The van der Waals surface area contributed by atoms with Crippen LogP contribution in [0.25, 0.3) is 0 Å². The molecule has 1 spiro atoms. The Balaban J connectivity index is 1.77. The Kier molecular flexibility index (Phi) is 5.00. The van der Waals surface area contributed by atoms with E-state index in [4.69, 9.17) is 10.5 Å². The van der Waals surface area contributed by atoms with Gasteiger partial charge in [-0.05, 0) is 68.1 Å². The Labute approximate surface area is 169 Å². The van der Waals surface area contributed by atoms with Gasteiger partial charge >= 0.3 is 0 Å². The van der Waals surface area contributed by atoms with Crippen molar-refractivity contribution < 1.29 is 4.74 Å². The third kappa shape index (κ3) is 3.14. The molecule has 0 amide bonds. The number of benzene rings is 2. The van der Waals surface area contributed by atoms with Gasteiger partial charge in [-0.25, -0.2) is 0 Å². The van der Waals surface area contributed by atoms with Crippen molar-refractivity contribution in [3.05, 3.63) is 47.5 Å². The van der Waals surface area contributed by atoms with Gasteiger partial charge in [0.15, 0.2) is 0 Å². The maximum Gasteiger partial charge on any atom is 0.142 e. The van der Waals surface area contributed by atoms with E-state index < -0.39 is 0 Å². The number of rotatable bonds is 4. The molecule has 2 heterocycles. The highest BCUT2D eigenvalue weighted by Crippen LogP contribution is 2.55. The zero-order chi connectivity index (χ0) is 19.9. The van der Waals surface area contributed by atoms with Crippen LogP contribution in [0.5, 0.6) is 5.75 Å². The summed E-state index contributed by atoms with van der Waals surface area (Å²) in [4.78, 5) is 5.04. The second-order valence-corrected chi connectivity index (χ2v) is 8.93. The Morgan fingerprint density at radius 1 is 1.11 bits per heavy atom. The molecule has 0 aliphatic carbocycles. The molecule has 0 radical (unpaired) electrons. The van der Waals surface area contributed by atoms with E-state index in [9.17, 15) is 0 Å². The van der Waals surface area contributed by atoms with E-state index in [0.717, 1.165) is 36.8 Å². The third-order valence-corrected chi connectivity index (χ3v) is 6.49. The Morgan fingerprint density at radius 2 is 1.82 bits per heavy atom. The molecule has 1 fully saturated rings. The highest BCUT2D eigenvalue weighted by atomic mass is 16.5. The van der Waals surface area contributed by atoms with Crippen molar-refractivity contribution in [3.8, 4) is 5.75 Å².